The van der Waals surface area contributed by atoms with Crippen LogP contribution in [-0.2, 0) is 14.9 Å². The maximum Gasteiger partial charge on any atom is 0.318 e. The van der Waals surface area contributed by atoms with E-state index >= 15 is 0 Å². The third kappa shape index (κ3) is 3.29. The van der Waals surface area contributed by atoms with Gasteiger partial charge in [-0.3, -0.25) is 4.79 Å². The third-order valence-corrected chi connectivity index (χ3v) is 3.16. The van der Waals surface area contributed by atoms with Gasteiger partial charge in [0.1, 0.15) is 5.41 Å². The van der Waals surface area contributed by atoms with Crippen molar-refractivity contribution >= 4 is 5.97 Å². The minimum absolute atomic E-state index is 0.169. The van der Waals surface area contributed by atoms with E-state index in [1.165, 1.54) is 13.1 Å². The Kier molecular flexibility index (Phi) is 5.68. The first-order valence-corrected chi connectivity index (χ1v) is 6.60. The number of nitrogens with zero attached hydrogens (tertiary/aromatic N) is 3. The molecule has 1 heterocycles. The summed E-state index contributed by atoms with van der Waals surface area (Å²) in [4.78, 5) is 16.3. The zero-order valence-electron chi connectivity index (χ0n) is 12.3. The molecule has 0 aromatic carbocycles. The third-order valence-electron chi connectivity index (χ3n) is 3.16. The first-order valence-electron chi connectivity index (χ1n) is 6.60. The zero-order chi connectivity index (χ0) is 15.9. The second kappa shape index (κ2) is 7.25. The highest BCUT2D eigenvalue weighted by Gasteiger charge is 2.45. The van der Waals surface area contributed by atoms with Gasteiger partial charge in [0.2, 0.25) is 5.88 Å². The average molecular weight is 287 g/mol. The van der Waals surface area contributed by atoms with Crippen LogP contribution in [0, 0.1) is 28.6 Å². The Labute approximate surface area is 123 Å². The van der Waals surface area contributed by atoms with Crippen LogP contribution >= 0.6 is 0 Å². The van der Waals surface area contributed by atoms with Crippen LogP contribution in [0.3, 0.4) is 0 Å². The van der Waals surface area contributed by atoms with Gasteiger partial charge >= 0.3 is 5.97 Å². The second-order valence-corrected chi connectivity index (χ2v) is 4.43. The zero-order valence-corrected chi connectivity index (χ0v) is 12.3. The van der Waals surface area contributed by atoms with E-state index in [2.05, 4.69) is 4.98 Å². The monoisotopic (exact) mass is 287 g/mol. The summed E-state index contributed by atoms with van der Waals surface area (Å²) in [5.74, 6) is -1.38. The normalized spacial score (nSPS) is 12.9. The Morgan fingerprint density at radius 3 is 2.43 bits per heavy atom. The van der Waals surface area contributed by atoms with Crippen LogP contribution in [0.1, 0.15) is 26.3 Å². The maximum atomic E-state index is 12.3. The molecule has 21 heavy (non-hydrogen) atoms. The second-order valence-electron chi connectivity index (χ2n) is 4.43. The van der Waals surface area contributed by atoms with Crippen molar-refractivity contribution in [3.8, 4) is 18.0 Å². The Bertz CT molecular complexity index is 557. The molecular weight excluding hydrogens is 270 g/mol. The molecule has 0 spiro atoms. The number of carbonyl (C=O) groups is 1. The number of esters is 1. The molecular formula is C15H17N3O3. The number of ether oxygens (including phenoxy) is 2. The predicted octanol–water partition coefficient (Wildman–Crippen LogP) is 1.96. The number of hydrogen-bond acceptors (Lipinski definition) is 6. The topological polar surface area (TPSA) is 96.0 Å². The van der Waals surface area contributed by atoms with Crippen molar-refractivity contribution in [2.24, 2.45) is 5.92 Å². The molecule has 0 unspecified atom stereocenters. The van der Waals surface area contributed by atoms with Gasteiger partial charge in [0.05, 0.1) is 25.4 Å². The molecule has 0 aliphatic heterocycles. The van der Waals surface area contributed by atoms with E-state index < -0.39 is 17.3 Å². The molecule has 1 aromatic rings. The van der Waals surface area contributed by atoms with Gasteiger partial charge < -0.3 is 9.47 Å². The van der Waals surface area contributed by atoms with E-state index in [0.717, 1.165) is 0 Å². The Balaban J connectivity index is 3.27. The van der Waals surface area contributed by atoms with E-state index in [9.17, 15) is 4.79 Å². The van der Waals surface area contributed by atoms with Crippen LogP contribution < -0.4 is 4.74 Å². The first kappa shape index (κ1) is 16.5. The summed E-state index contributed by atoms with van der Waals surface area (Å²) in [5.41, 5.74) is -0.949. The minimum Gasteiger partial charge on any atom is -0.478 e. The molecule has 0 bridgehead atoms. The highest BCUT2D eigenvalue weighted by Crippen LogP contribution is 2.33. The van der Waals surface area contributed by atoms with Gasteiger partial charge in [0.25, 0.3) is 0 Å². The summed E-state index contributed by atoms with van der Waals surface area (Å²) >= 11 is 0. The van der Waals surface area contributed by atoms with Crippen molar-refractivity contribution in [1.29, 1.82) is 10.5 Å². The molecule has 0 N–H and O–H groups in total. The van der Waals surface area contributed by atoms with Gasteiger partial charge in [-0.15, -0.1) is 0 Å². The fourth-order valence-electron chi connectivity index (χ4n) is 1.89. The molecule has 0 radical (unpaired) electrons. The van der Waals surface area contributed by atoms with Crippen LogP contribution in [0.5, 0.6) is 5.88 Å². The highest BCUT2D eigenvalue weighted by atomic mass is 16.5. The molecule has 1 rings (SSSR count). The number of nitriles is 2. The van der Waals surface area contributed by atoms with Crippen LogP contribution in [0.25, 0.3) is 0 Å². The van der Waals surface area contributed by atoms with Gasteiger partial charge in [-0.25, -0.2) is 4.98 Å². The van der Waals surface area contributed by atoms with Crippen molar-refractivity contribution < 1.29 is 14.3 Å². The van der Waals surface area contributed by atoms with E-state index in [-0.39, 0.29) is 6.61 Å². The SMILES string of the molecule is CCOC(=O)[C@@](C)(c1ccc(OCC)nc1)C(C#N)C#N. The lowest BCUT2D eigenvalue weighted by Gasteiger charge is -2.28. The lowest BCUT2D eigenvalue weighted by atomic mass is 9.73. The number of hydrogen-bond donors (Lipinski definition) is 0. The smallest absolute Gasteiger partial charge is 0.318 e. The summed E-state index contributed by atoms with van der Waals surface area (Å²) in [6.45, 7) is 5.66. The van der Waals surface area contributed by atoms with Gasteiger partial charge in [0, 0.05) is 12.3 Å². The summed E-state index contributed by atoms with van der Waals surface area (Å²) in [6, 6.07) is 6.92. The quantitative estimate of drug-likeness (QED) is 0.742. The molecule has 1 atom stereocenters. The largest absolute Gasteiger partial charge is 0.478 e. The Morgan fingerprint density at radius 2 is 2.00 bits per heavy atom. The molecule has 6 nitrogen and oxygen atoms in total. The Hall–Kier alpha value is -2.60. The van der Waals surface area contributed by atoms with Crippen LogP contribution in [0.15, 0.2) is 18.3 Å². The molecule has 0 amide bonds. The van der Waals surface area contributed by atoms with E-state index in [1.54, 1.807) is 19.1 Å². The number of pyridine rings is 1. The standard InChI is InChI=1S/C15H17N3O3/c1-4-20-13-7-6-11(10-18-13)15(3,12(8-16)9-17)14(19)21-5-2/h6-7,10,12H,4-5H2,1-3H3/t15-/m0/s1. The average Bonchev–Trinajstić information content (AvgIpc) is 2.49. The number of rotatable bonds is 6. The fraction of sp³-hybridized carbons (Fsp3) is 0.467. The summed E-state index contributed by atoms with van der Waals surface area (Å²) in [7, 11) is 0. The van der Waals surface area contributed by atoms with Crippen molar-refractivity contribution in [1.82, 2.24) is 4.98 Å². The van der Waals surface area contributed by atoms with Gasteiger partial charge in [-0.05, 0) is 26.3 Å². The lowest BCUT2D eigenvalue weighted by Crippen LogP contribution is -2.40. The molecule has 6 heteroatoms. The highest BCUT2D eigenvalue weighted by molar-refractivity contribution is 5.84. The van der Waals surface area contributed by atoms with E-state index in [4.69, 9.17) is 20.0 Å². The predicted molar refractivity (Wildman–Crippen MR) is 74.1 cm³/mol. The molecule has 110 valence electrons. The van der Waals surface area contributed by atoms with Crippen molar-refractivity contribution in [2.45, 2.75) is 26.2 Å². The molecule has 0 aliphatic rings. The van der Waals surface area contributed by atoms with E-state index in [0.29, 0.717) is 18.1 Å². The molecule has 0 saturated heterocycles. The minimum atomic E-state index is -1.39. The summed E-state index contributed by atoms with van der Waals surface area (Å²) < 4.78 is 10.3. The van der Waals surface area contributed by atoms with Gasteiger partial charge in [-0.1, -0.05) is 6.07 Å². The van der Waals surface area contributed by atoms with Crippen LogP contribution in [0.4, 0.5) is 0 Å². The van der Waals surface area contributed by atoms with Crippen LogP contribution in [-0.4, -0.2) is 24.2 Å². The van der Waals surface area contributed by atoms with Gasteiger partial charge in [-0.2, -0.15) is 10.5 Å². The molecule has 0 aliphatic carbocycles. The van der Waals surface area contributed by atoms with Crippen LogP contribution in [0.2, 0.25) is 0 Å². The maximum absolute atomic E-state index is 12.3. The number of carbonyl (C=O) groups excluding carboxylic acids is 1. The van der Waals surface area contributed by atoms with Crippen molar-refractivity contribution in [3.63, 3.8) is 0 Å². The summed E-state index contributed by atoms with van der Waals surface area (Å²) in [5, 5.41) is 18.3. The van der Waals surface area contributed by atoms with Gasteiger partial charge in [0.15, 0.2) is 5.92 Å². The fourth-order valence-corrected chi connectivity index (χ4v) is 1.89. The van der Waals surface area contributed by atoms with Crippen molar-refractivity contribution in [2.75, 3.05) is 13.2 Å². The lowest BCUT2D eigenvalue weighted by molar-refractivity contribution is -0.150. The van der Waals surface area contributed by atoms with Crippen molar-refractivity contribution in [3.05, 3.63) is 23.9 Å². The Morgan fingerprint density at radius 1 is 1.33 bits per heavy atom. The molecule has 0 saturated carbocycles. The number of aromatic nitrogens is 1. The molecule has 0 fully saturated rings. The summed E-state index contributed by atoms with van der Waals surface area (Å²) in [6.07, 6.45) is 1.43. The first-order chi connectivity index (χ1) is 10.0. The van der Waals surface area contributed by atoms with E-state index in [1.807, 2.05) is 19.1 Å². The molecule has 1 aromatic heterocycles.